The Morgan fingerprint density at radius 1 is 1.35 bits per heavy atom. The number of rotatable bonds is 6. The summed E-state index contributed by atoms with van der Waals surface area (Å²) < 4.78 is 5.77. The Hall–Kier alpha value is -0.870. The van der Waals surface area contributed by atoms with E-state index in [-0.39, 0.29) is 10.7 Å². The molecule has 1 aromatic rings. The third-order valence-electron chi connectivity index (χ3n) is 2.43. The second kappa shape index (κ2) is 7.79. The zero-order valence-electron chi connectivity index (χ0n) is 12.4. The van der Waals surface area contributed by atoms with Crippen LogP contribution in [0.5, 0.6) is 5.75 Å². The van der Waals surface area contributed by atoms with E-state index in [1.165, 1.54) is 0 Å². The summed E-state index contributed by atoms with van der Waals surface area (Å²) in [5, 5.41) is 3.52. The molecular weight excluding hydrogens is 294 g/mol. The standard InChI is InChI=1S/C15H22ClNO2S/c1-11(19-13-7-5-12(16)6-8-13)14(18)17-9-10-20-15(2,3)4/h5-8,11H,9-10H2,1-4H3,(H,17,18)/t11-/m1/s1. The smallest absolute Gasteiger partial charge is 0.260 e. The van der Waals surface area contributed by atoms with Crippen molar-refractivity contribution in [2.45, 2.75) is 38.5 Å². The summed E-state index contributed by atoms with van der Waals surface area (Å²) >= 11 is 7.62. The van der Waals surface area contributed by atoms with Gasteiger partial charge >= 0.3 is 0 Å². The Bertz CT molecular complexity index is 428. The van der Waals surface area contributed by atoms with Gasteiger partial charge in [0.25, 0.3) is 5.91 Å². The van der Waals surface area contributed by atoms with Gasteiger partial charge in [-0.25, -0.2) is 0 Å². The van der Waals surface area contributed by atoms with Crippen molar-refractivity contribution in [1.29, 1.82) is 0 Å². The molecule has 0 spiro atoms. The number of thioether (sulfide) groups is 1. The Labute approximate surface area is 130 Å². The van der Waals surface area contributed by atoms with Crippen LogP contribution in [0.2, 0.25) is 5.02 Å². The normalized spacial score (nSPS) is 12.8. The molecule has 0 aromatic heterocycles. The van der Waals surface area contributed by atoms with E-state index in [1.54, 1.807) is 31.2 Å². The molecule has 0 radical (unpaired) electrons. The molecule has 5 heteroatoms. The third-order valence-corrected chi connectivity index (χ3v) is 3.96. The highest BCUT2D eigenvalue weighted by molar-refractivity contribution is 8.00. The van der Waals surface area contributed by atoms with Crippen LogP contribution < -0.4 is 10.1 Å². The van der Waals surface area contributed by atoms with Gasteiger partial charge in [-0.2, -0.15) is 11.8 Å². The molecule has 1 N–H and O–H groups in total. The molecule has 0 heterocycles. The molecule has 1 amide bonds. The first kappa shape index (κ1) is 17.2. The fourth-order valence-electron chi connectivity index (χ4n) is 1.45. The van der Waals surface area contributed by atoms with Crippen molar-refractivity contribution in [3.05, 3.63) is 29.3 Å². The number of hydrogen-bond donors (Lipinski definition) is 1. The molecule has 0 aliphatic carbocycles. The lowest BCUT2D eigenvalue weighted by molar-refractivity contribution is -0.127. The minimum Gasteiger partial charge on any atom is -0.481 e. The van der Waals surface area contributed by atoms with Gasteiger partial charge in [0, 0.05) is 22.1 Å². The fourth-order valence-corrected chi connectivity index (χ4v) is 2.39. The zero-order valence-corrected chi connectivity index (χ0v) is 14.0. The highest BCUT2D eigenvalue weighted by atomic mass is 35.5. The SMILES string of the molecule is C[C@@H](Oc1ccc(Cl)cc1)C(=O)NCCSC(C)(C)C. The van der Waals surface area contributed by atoms with Crippen LogP contribution in [0.25, 0.3) is 0 Å². The van der Waals surface area contributed by atoms with E-state index in [0.717, 1.165) is 5.75 Å². The number of carbonyl (C=O) groups excluding carboxylic acids is 1. The first-order chi connectivity index (χ1) is 9.28. The largest absolute Gasteiger partial charge is 0.481 e. The maximum absolute atomic E-state index is 11.9. The van der Waals surface area contributed by atoms with Crippen LogP contribution in [0.1, 0.15) is 27.7 Å². The fraction of sp³-hybridized carbons (Fsp3) is 0.533. The van der Waals surface area contributed by atoms with E-state index in [2.05, 4.69) is 26.1 Å². The van der Waals surface area contributed by atoms with Crippen LogP contribution in [-0.4, -0.2) is 29.1 Å². The van der Waals surface area contributed by atoms with E-state index in [1.807, 2.05) is 11.8 Å². The summed E-state index contributed by atoms with van der Waals surface area (Å²) in [5.41, 5.74) is 0. The molecule has 0 aliphatic rings. The molecule has 0 saturated carbocycles. The second-order valence-electron chi connectivity index (χ2n) is 5.47. The van der Waals surface area contributed by atoms with Gasteiger partial charge in [0.2, 0.25) is 0 Å². The lowest BCUT2D eigenvalue weighted by Gasteiger charge is -2.18. The van der Waals surface area contributed by atoms with Crippen molar-refractivity contribution in [3.63, 3.8) is 0 Å². The van der Waals surface area contributed by atoms with Gasteiger partial charge < -0.3 is 10.1 Å². The minimum absolute atomic E-state index is 0.102. The summed E-state index contributed by atoms with van der Waals surface area (Å²) in [7, 11) is 0. The van der Waals surface area contributed by atoms with Gasteiger partial charge in [0.1, 0.15) is 5.75 Å². The zero-order chi connectivity index (χ0) is 15.2. The summed E-state index contributed by atoms with van der Waals surface area (Å²) in [6.07, 6.45) is -0.518. The topological polar surface area (TPSA) is 38.3 Å². The molecule has 0 fully saturated rings. The van der Waals surface area contributed by atoms with E-state index in [9.17, 15) is 4.79 Å². The molecule has 112 valence electrons. The predicted octanol–water partition coefficient (Wildman–Crippen LogP) is 3.76. The van der Waals surface area contributed by atoms with Crippen LogP contribution in [0.15, 0.2) is 24.3 Å². The second-order valence-corrected chi connectivity index (χ2v) is 7.82. The van der Waals surface area contributed by atoms with E-state index in [4.69, 9.17) is 16.3 Å². The first-order valence-electron chi connectivity index (χ1n) is 6.62. The summed E-state index contributed by atoms with van der Waals surface area (Å²) in [5.74, 6) is 1.43. The predicted molar refractivity (Wildman–Crippen MR) is 86.8 cm³/mol. The Morgan fingerprint density at radius 2 is 1.95 bits per heavy atom. The lowest BCUT2D eigenvalue weighted by atomic mass is 10.3. The number of ether oxygens (including phenoxy) is 1. The summed E-state index contributed by atoms with van der Waals surface area (Å²) in [4.78, 5) is 11.9. The number of nitrogens with one attached hydrogen (secondary N) is 1. The van der Waals surface area contributed by atoms with Crippen LogP contribution in [0.3, 0.4) is 0 Å². The Balaban J connectivity index is 2.30. The maximum atomic E-state index is 11.9. The van der Waals surface area contributed by atoms with Gasteiger partial charge in [0.15, 0.2) is 6.10 Å². The third kappa shape index (κ3) is 7.06. The lowest BCUT2D eigenvalue weighted by Crippen LogP contribution is -2.37. The van der Waals surface area contributed by atoms with Crippen molar-refractivity contribution in [1.82, 2.24) is 5.32 Å². The molecule has 0 aliphatic heterocycles. The minimum atomic E-state index is -0.518. The molecule has 0 unspecified atom stereocenters. The van der Waals surface area contributed by atoms with Crippen molar-refractivity contribution in [3.8, 4) is 5.75 Å². The van der Waals surface area contributed by atoms with E-state index in [0.29, 0.717) is 17.3 Å². The average Bonchev–Trinajstić information content (AvgIpc) is 2.36. The Morgan fingerprint density at radius 3 is 2.50 bits per heavy atom. The highest BCUT2D eigenvalue weighted by Gasteiger charge is 2.15. The molecule has 1 aromatic carbocycles. The van der Waals surface area contributed by atoms with Gasteiger partial charge in [0.05, 0.1) is 0 Å². The molecule has 1 atom stereocenters. The van der Waals surface area contributed by atoms with Crippen molar-refractivity contribution >= 4 is 29.3 Å². The number of halogens is 1. The molecule has 3 nitrogen and oxygen atoms in total. The molecule has 0 saturated heterocycles. The quantitative estimate of drug-likeness (QED) is 0.812. The number of hydrogen-bond acceptors (Lipinski definition) is 3. The molecule has 20 heavy (non-hydrogen) atoms. The molecular formula is C15H22ClNO2S. The van der Waals surface area contributed by atoms with Gasteiger partial charge in [-0.1, -0.05) is 32.4 Å². The van der Waals surface area contributed by atoms with E-state index < -0.39 is 6.10 Å². The number of amides is 1. The summed E-state index contributed by atoms with van der Waals surface area (Å²) in [6.45, 7) is 8.86. The van der Waals surface area contributed by atoms with Crippen molar-refractivity contribution < 1.29 is 9.53 Å². The van der Waals surface area contributed by atoms with Crippen LogP contribution >= 0.6 is 23.4 Å². The van der Waals surface area contributed by atoms with Crippen LogP contribution in [0, 0.1) is 0 Å². The van der Waals surface area contributed by atoms with Gasteiger partial charge in [-0.05, 0) is 31.2 Å². The van der Waals surface area contributed by atoms with Crippen molar-refractivity contribution in [2.75, 3.05) is 12.3 Å². The van der Waals surface area contributed by atoms with Crippen molar-refractivity contribution in [2.24, 2.45) is 0 Å². The van der Waals surface area contributed by atoms with Gasteiger partial charge in [-0.15, -0.1) is 0 Å². The number of carbonyl (C=O) groups is 1. The first-order valence-corrected chi connectivity index (χ1v) is 7.98. The highest BCUT2D eigenvalue weighted by Crippen LogP contribution is 2.22. The van der Waals surface area contributed by atoms with Gasteiger partial charge in [-0.3, -0.25) is 4.79 Å². The van der Waals surface area contributed by atoms with E-state index >= 15 is 0 Å². The maximum Gasteiger partial charge on any atom is 0.260 e. The van der Waals surface area contributed by atoms with Crippen LogP contribution in [0.4, 0.5) is 0 Å². The van der Waals surface area contributed by atoms with Crippen LogP contribution in [-0.2, 0) is 4.79 Å². The Kier molecular flexibility index (Phi) is 6.69. The molecule has 0 bridgehead atoms. The summed E-state index contributed by atoms with van der Waals surface area (Å²) in [6, 6.07) is 6.98. The number of benzene rings is 1. The molecule has 1 rings (SSSR count). The average molecular weight is 316 g/mol. The monoisotopic (exact) mass is 315 g/mol.